The number of rotatable bonds is 2. The molecule has 1 aliphatic heterocycles. The van der Waals surface area contributed by atoms with Gasteiger partial charge in [-0.15, -0.1) is 0 Å². The molecule has 0 bridgehead atoms. The van der Waals surface area contributed by atoms with Gasteiger partial charge in [-0.3, -0.25) is 15.0 Å². The van der Waals surface area contributed by atoms with Gasteiger partial charge in [-0.2, -0.15) is 0 Å². The van der Waals surface area contributed by atoms with Crippen LogP contribution in [0.1, 0.15) is 27.7 Å². The van der Waals surface area contributed by atoms with Crippen LogP contribution < -0.4 is 11.1 Å². The van der Waals surface area contributed by atoms with Gasteiger partial charge in [0.25, 0.3) is 0 Å². The molecule has 1 saturated heterocycles. The van der Waals surface area contributed by atoms with Crippen molar-refractivity contribution in [2.24, 2.45) is 5.73 Å². The van der Waals surface area contributed by atoms with Crippen LogP contribution in [0.2, 0.25) is 0 Å². The number of carbonyl (C=O) groups excluding carboxylic acids is 2. The van der Waals surface area contributed by atoms with E-state index in [0.29, 0.717) is 13.1 Å². The first kappa shape index (κ1) is 13.9. The highest BCUT2D eigenvalue weighted by atomic mass is 16.5. The highest BCUT2D eigenvalue weighted by Crippen LogP contribution is 2.22. The molecule has 3 amide bonds. The van der Waals surface area contributed by atoms with Crippen molar-refractivity contribution in [2.75, 3.05) is 13.1 Å². The molecule has 1 rings (SSSR count). The van der Waals surface area contributed by atoms with Crippen LogP contribution in [0.25, 0.3) is 0 Å². The molecule has 2 atom stereocenters. The highest BCUT2D eigenvalue weighted by Gasteiger charge is 2.35. The van der Waals surface area contributed by atoms with Crippen LogP contribution in [0.5, 0.6) is 0 Å². The number of nitrogens with two attached hydrogens (primary N) is 1. The van der Waals surface area contributed by atoms with E-state index in [0.717, 1.165) is 0 Å². The Hall–Kier alpha value is -1.14. The first-order valence-electron chi connectivity index (χ1n) is 5.73. The maximum atomic E-state index is 11.7. The molecule has 0 saturated carbocycles. The summed E-state index contributed by atoms with van der Waals surface area (Å²) < 4.78 is 5.75. The van der Waals surface area contributed by atoms with Gasteiger partial charge >= 0.3 is 6.03 Å². The molecule has 6 nitrogen and oxygen atoms in total. The molecule has 6 heteroatoms. The van der Waals surface area contributed by atoms with Crippen molar-refractivity contribution in [1.82, 2.24) is 10.2 Å². The van der Waals surface area contributed by atoms with Crippen LogP contribution in [0, 0.1) is 0 Å². The Morgan fingerprint density at radius 2 is 2.12 bits per heavy atom. The second kappa shape index (κ2) is 5.01. The number of primary amides is 1. The van der Waals surface area contributed by atoms with Gasteiger partial charge in [-0.1, -0.05) is 0 Å². The Morgan fingerprint density at radius 1 is 1.53 bits per heavy atom. The average molecular weight is 243 g/mol. The monoisotopic (exact) mass is 243 g/mol. The molecule has 0 radical (unpaired) electrons. The van der Waals surface area contributed by atoms with E-state index < -0.39 is 12.1 Å². The molecular formula is C11H21N3O3. The third-order valence-electron chi connectivity index (χ3n) is 2.77. The van der Waals surface area contributed by atoms with Gasteiger partial charge < -0.3 is 10.5 Å². The SMILES string of the molecule is CC1CN(C(C)C(=O)NC(N)=O)CC(C)(C)O1. The van der Waals surface area contributed by atoms with Gasteiger partial charge in [0.15, 0.2) is 0 Å². The third-order valence-corrected chi connectivity index (χ3v) is 2.77. The molecule has 0 spiro atoms. The average Bonchev–Trinajstić information content (AvgIpc) is 2.12. The lowest BCUT2D eigenvalue weighted by molar-refractivity contribution is -0.147. The molecule has 3 N–H and O–H groups in total. The Labute approximate surface area is 101 Å². The van der Waals surface area contributed by atoms with E-state index in [2.05, 4.69) is 5.32 Å². The van der Waals surface area contributed by atoms with Gasteiger partial charge in [0.2, 0.25) is 5.91 Å². The molecule has 1 heterocycles. The van der Waals surface area contributed by atoms with Crippen LogP contribution in [0.15, 0.2) is 0 Å². The van der Waals surface area contributed by atoms with E-state index in [4.69, 9.17) is 10.5 Å². The Bertz CT molecular complexity index is 317. The molecule has 1 aliphatic rings. The van der Waals surface area contributed by atoms with Crippen LogP contribution in [-0.4, -0.2) is 47.7 Å². The number of carbonyl (C=O) groups is 2. The fraction of sp³-hybridized carbons (Fsp3) is 0.818. The van der Waals surface area contributed by atoms with Crippen molar-refractivity contribution < 1.29 is 14.3 Å². The number of hydrogen-bond acceptors (Lipinski definition) is 4. The van der Waals surface area contributed by atoms with Crippen LogP contribution in [-0.2, 0) is 9.53 Å². The topological polar surface area (TPSA) is 84.7 Å². The van der Waals surface area contributed by atoms with Gasteiger partial charge in [-0.25, -0.2) is 4.79 Å². The summed E-state index contributed by atoms with van der Waals surface area (Å²) in [5, 5.41) is 2.10. The summed E-state index contributed by atoms with van der Waals surface area (Å²) in [4.78, 5) is 24.3. The Balaban J connectivity index is 2.65. The van der Waals surface area contributed by atoms with Crippen LogP contribution in [0.3, 0.4) is 0 Å². The molecule has 0 aromatic carbocycles. The summed E-state index contributed by atoms with van der Waals surface area (Å²) in [7, 11) is 0. The van der Waals surface area contributed by atoms with Crippen molar-refractivity contribution in [2.45, 2.75) is 45.4 Å². The van der Waals surface area contributed by atoms with Crippen molar-refractivity contribution in [3.63, 3.8) is 0 Å². The van der Waals surface area contributed by atoms with Crippen LogP contribution in [0.4, 0.5) is 4.79 Å². The fourth-order valence-corrected chi connectivity index (χ4v) is 2.19. The van der Waals surface area contributed by atoms with Crippen molar-refractivity contribution in [3.8, 4) is 0 Å². The molecule has 17 heavy (non-hydrogen) atoms. The summed E-state index contributed by atoms with van der Waals surface area (Å²) in [6.45, 7) is 8.99. The first-order valence-corrected chi connectivity index (χ1v) is 5.73. The first-order chi connectivity index (χ1) is 7.71. The molecular weight excluding hydrogens is 222 g/mol. The molecule has 98 valence electrons. The molecule has 1 fully saturated rings. The Morgan fingerprint density at radius 3 is 2.59 bits per heavy atom. The summed E-state index contributed by atoms with van der Waals surface area (Å²) in [6, 6.07) is -1.21. The van der Waals surface area contributed by atoms with Crippen molar-refractivity contribution >= 4 is 11.9 Å². The number of imide groups is 1. The van der Waals surface area contributed by atoms with Crippen molar-refractivity contribution in [3.05, 3.63) is 0 Å². The zero-order valence-corrected chi connectivity index (χ0v) is 10.8. The maximum Gasteiger partial charge on any atom is 0.318 e. The quantitative estimate of drug-likeness (QED) is 0.718. The van der Waals surface area contributed by atoms with E-state index in [1.165, 1.54) is 0 Å². The molecule has 2 unspecified atom stereocenters. The minimum absolute atomic E-state index is 0.0579. The zero-order chi connectivity index (χ0) is 13.2. The largest absolute Gasteiger partial charge is 0.370 e. The van der Waals surface area contributed by atoms with Crippen LogP contribution >= 0.6 is 0 Å². The standard InChI is InChI=1S/C11H21N3O3/c1-7-5-14(6-11(3,4)17-7)8(2)9(15)13-10(12)16/h7-8H,5-6H2,1-4H3,(H3,12,13,15,16). The van der Waals surface area contributed by atoms with E-state index in [1.807, 2.05) is 25.7 Å². The second-order valence-electron chi connectivity index (χ2n) is 5.15. The lowest BCUT2D eigenvalue weighted by Gasteiger charge is -2.43. The number of ether oxygens (including phenoxy) is 1. The van der Waals surface area contributed by atoms with E-state index in [-0.39, 0.29) is 17.6 Å². The maximum absolute atomic E-state index is 11.7. The molecule has 0 aliphatic carbocycles. The summed E-state index contributed by atoms with van der Waals surface area (Å²) in [5.41, 5.74) is 4.63. The number of morpholine rings is 1. The van der Waals surface area contributed by atoms with Gasteiger partial charge in [0.1, 0.15) is 0 Å². The predicted octanol–water partition coefficient (Wildman–Crippen LogP) is 0.0691. The fourth-order valence-electron chi connectivity index (χ4n) is 2.19. The Kier molecular flexibility index (Phi) is 4.11. The van der Waals surface area contributed by atoms with Gasteiger partial charge in [0, 0.05) is 13.1 Å². The summed E-state index contributed by atoms with van der Waals surface area (Å²) >= 11 is 0. The van der Waals surface area contributed by atoms with E-state index >= 15 is 0 Å². The number of nitrogens with one attached hydrogen (secondary N) is 1. The number of nitrogens with zero attached hydrogens (tertiary/aromatic N) is 1. The van der Waals surface area contributed by atoms with Gasteiger partial charge in [0.05, 0.1) is 17.7 Å². The lowest BCUT2D eigenvalue weighted by Crippen LogP contribution is -2.58. The minimum Gasteiger partial charge on any atom is -0.370 e. The highest BCUT2D eigenvalue weighted by molar-refractivity contribution is 5.96. The number of hydrogen-bond donors (Lipinski definition) is 2. The molecule has 0 aromatic heterocycles. The second-order valence-corrected chi connectivity index (χ2v) is 5.15. The van der Waals surface area contributed by atoms with E-state index in [9.17, 15) is 9.59 Å². The summed E-state index contributed by atoms with van der Waals surface area (Å²) in [6.07, 6.45) is 0.0579. The predicted molar refractivity (Wildman–Crippen MR) is 63.4 cm³/mol. The number of urea groups is 1. The lowest BCUT2D eigenvalue weighted by atomic mass is 10.0. The summed E-state index contributed by atoms with van der Waals surface area (Å²) in [5.74, 6) is -0.373. The smallest absolute Gasteiger partial charge is 0.318 e. The minimum atomic E-state index is -0.817. The normalized spacial score (nSPS) is 26.2. The van der Waals surface area contributed by atoms with E-state index in [1.54, 1.807) is 6.92 Å². The van der Waals surface area contributed by atoms with Gasteiger partial charge in [-0.05, 0) is 27.7 Å². The zero-order valence-electron chi connectivity index (χ0n) is 10.8. The van der Waals surface area contributed by atoms with Crippen molar-refractivity contribution in [1.29, 1.82) is 0 Å². The number of amides is 3. The molecule has 0 aromatic rings. The third kappa shape index (κ3) is 3.98.